The van der Waals surface area contributed by atoms with Gasteiger partial charge < -0.3 is 4.90 Å². The largest absolute Gasteiger partial charge is 0.334 e. The molecule has 0 aliphatic heterocycles. The lowest BCUT2D eigenvalue weighted by Gasteiger charge is -2.29. The summed E-state index contributed by atoms with van der Waals surface area (Å²) in [5.41, 5.74) is 3.09. The Kier molecular flexibility index (Phi) is 5.70. The maximum absolute atomic E-state index is 12.7. The van der Waals surface area contributed by atoms with E-state index in [9.17, 15) is 4.79 Å². The van der Waals surface area contributed by atoms with Gasteiger partial charge in [0.25, 0.3) is 5.91 Å². The Morgan fingerprint density at radius 1 is 1.18 bits per heavy atom. The van der Waals surface area contributed by atoms with Gasteiger partial charge >= 0.3 is 0 Å². The topological polar surface area (TPSA) is 33.2 Å². The highest BCUT2D eigenvalue weighted by Crippen LogP contribution is 2.15. The minimum Gasteiger partial charge on any atom is -0.334 e. The number of carbonyl (C=O) groups is 1. The number of benzene rings is 1. The maximum Gasteiger partial charge on any atom is 0.272 e. The molecule has 22 heavy (non-hydrogen) atoms. The summed E-state index contributed by atoms with van der Waals surface area (Å²) in [6.45, 7) is 7.08. The Hall–Kier alpha value is -2.16. The van der Waals surface area contributed by atoms with E-state index >= 15 is 0 Å². The van der Waals surface area contributed by atoms with Gasteiger partial charge in [-0.15, -0.1) is 0 Å². The molecule has 1 aromatic carbocycles. The second kappa shape index (κ2) is 7.74. The summed E-state index contributed by atoms with van der Waals surface area (Å²) >= 11 is 0. The number of pyridine rings is 1. The number of hydrogen-bond acceptors (Lipinski definition) is 2. The molecule has 0 saturated carbocycles. The first-order chi connectivity index (χ1) is 10.6. The molecular weight excluding hydrogens is 272 g/mol. The molecule has 0 spiro atoms. The van der Waals surface area contributed by atoms with Crippen molar-refractivity contribution in [2.24, 2.45) is 0 Å². The summed E-state index contributed by atoms with van der Waals surface area (Å²) in [5, 5.41) is 0. The number of aromatic nitrogens is 1. The van der Waals surface area contributed by atoms with Crippen LogP contribution in [0.3, 0.4) is 0 Å². The molecule has 0 bridgehead atoms. The van der Waals surface area contributed by atoms with Crippen molar-refractivity contribution in [3.05, 3.63) is 65.5 Å². The number of nitrogens with zero attached hydrogens (tertiary/aromatic N) is 2. The van der Waals surface area contributed by atoms with Crippen LogP contribution in [0.5, 0.6) is 0 Å². The van der Waals surface area contributed by atoms with E-state index < -0.39 is 0 Å². The molecule has 0 aliphatic carbocycles. The zero-order valence-electron chi connectivity index (χ0n) is 13.6. The van der Waals surface area contributed by atoms with Crippen LogP contribution in [0.25, 0.3) is 0 Å². The number of rotatable bonds is 6. The Morgan fingerprint density at radius 2 is 1.91 bits per heavy atom. The molecule has 1 heterocycles. The summed E-state index contributed by atoms with van der Waals surface area (Å²) in [6.07, 6.45) is 3.48. The quantitative estimate of drug-likeness (QED) is 0.810. The summed E-state index contributed by atoms with van der Waals surface area (Å²) in [4.78, 5) is 18.9. The number of aryl methyl sites for hydroxylation is 1. The van der Waals surface area contributed by atoms with Crippen LogP contribution in [-0.2, 0) is 6.42 Å². The average molecular weight is 296 g/mol. The monoisotopic (exact) mass is 296 g/mol. The second-order valence-electron chi connectivity index (χ2n) is 5.69. The minimum atomic E-state index is 0.0172. The van der Waals surface area contributed by atoms with Crippen molar-refractivity contribution >= 4 is 5.91 Å². The third kappa shape index (κ3) is 3.94. The summed E-state index contributed by atoms with van der Waals surface area (Å²) in [6, 6.07) is 14.0. The number of carbonyl (C=O) groups excluding carboxylic acids is 1. The fourth-order valence-electron chi connectivity index (χ4n) is 2.67. The van der Waals surface area contributed by atoms with Gasteiger partial charge in [-0.05, 0) is 49.9 Å². The first-order valence-corrected chi connectivity index (χ1v) is 7.90. The van der Waals surface area contributed by atoms with Crippen molar-refractivity contribution in [2.45, 2.75) is 39.7 Å². The van der Waals surface area contributed by atoms with E-state index in [0.29, 0.717) is 5.69 Å². The SMILES string of the molecule is CCCN(C(=O)c1ccccn1)C(C)Cc1ccccc1C. The van der Waals surface area contributed by atoms with Crippen LogP contribution in [0.4, 0.5) is 0 Å². The van der Waals surface area contributed by atoms with Gasteiger partial charge in [-0.25, -0.2) is 0 Å². The third-order valence-electron chi connectivity index (χ3n) is 3.92. The van der Waals surface area contributed by atoms with E-state index in [4.69, 9.17) is 0 Å². The van der Waals surface area contributed by atoms with Crippen molar-refractivity contribution in [3.8, 4) is 0 Å². The van der Waals surface area contributed by atoms with Gasteiger partial charge in [-0.3, -0.25) is 9.78 Å². The molecule has 0 saturated heterocycles. The van der Waals surface area contributed by atoms with Gasteiger partial charge in [0.05, 0.1) is 0 Å². The maximum atomic E-state index is 12.7. The Labute approximate surface area is 133 Å². The van der Waals surface area contributed by atoms with Gasteiger partial charge in [-0.1, -0.05) is 37.3 Å². The van der Waals surface area contributed by atoms with E-state index in [2.05, 4.69) is 44.0 Å². The van der Waals surface area contributed by atoms with Gasteiger partial charge in [0, 0.05) is 18.8 Å². The van der Waals surface area contributed by atoms with Crippen molar-refractivity contribution in [3.63, 3.8) is 0 Å². The van der Waals surface area contributed by atoms with Gasteiger partial charge in [0.1, 0.15) is 5.69 Å². The molecule has 0 radical (unpaired) electrons. The lowest BCUT2D eigenvalue weighted by Crippen LogP contribution is -2.40. The van der Waals surface area contributed by atoms with E-state index in [1.54, 1.807) is 12.3 Å². The van der Waals surface area contributed by atoms with Crippen LogP contribution in [0.2, 0.25) is 0 Å². The molecule has 0 aliphatic rings. The molecule has 1 amide bonds. The van der Waals surface area contributed by atoms with E-state index in [0.717, 1.165) is 19.4 Å². The van der Waals surface area contributed by atoms with E-state index in [1.807, 2.05) is 23.1 Å². The van der Waals surface area contributed by atoms with Gasteiger partial charge in [-0.2, -0.15) is 0 Å². The molecule has 1 aromatic heterocycles. The van der Waals surface area contributed by atoms with Crippen molar-refractivity contribution in [2.75, 3.05) is 6.54 Å². The van der Waals surface area contributed by atoms with Crippen LogP contribution in [-0.4, -0.2) is 28.4 Å². The second-order valence-corrected chi connectivity index (χ2v) is 5.69. The summed E-state index contributed by atoms with van der Waals surface area (Å²) < 4.78 is 0. The predicted octanol–water partition coefficient (Wildman–Crippen LogP) is 3.87. The zero-order chi connectivity index (χ0) is 15.9. The van der Waals surface area contributed by atoms with Gasteiger partial charge in [0.15, 0.2) is 0 Å². The first-order valence-electron chi connectivity index (χ1n) is 7.90. The normalized spacial score (nSPS) is 12.0. The molecular formula is C19H24N2O. The van der Waals surface area contributed by atoms with Crippen molar-refractivity contribution < 1.29 is 4.79 Å². The Balaban J connectivity index is 2.17. The van der Waals surface area contributed by atoms with E-state index in [-0.39, 0.29) is 11.9 Å². The first kappa shape index (κ1) is 16.2. The lowest BCUT2D eigenvalue weighted by atomic mass is 10.0. The smallest absolute Gasteiger partial charge is 0.272 e. The molecule has 116 valence electrons. The Bertz CT molecular complexity index is 610. The summed E-state index contributed by atoms with van der Waals surface area (Å²) in [5.74, 6) is 0.0172. The number of amides is 1. The van der Waals surface area contributed by atoms with E-state index in [1.165, 1.54) is 11.1 Å². The van der Waals surface area contributed by atoms with Crippen LogP contribution in [0.15, 0.2) is 48.7 Å². The molecule has 0 fully saturated rings. The van der Waals surface area contributed by atoms with Crippen molar-refractivity contribution in [1.82, 2.24) is 9.88 Å². The number of hydrogen-bond donors (Lipinski definition) is 0. The van der Waals surface area contributed by atoms with Crippen LogP contribution < -0.4 is 0 Å². The van der Waals surface area contributed by atoms with Crippen LogP contribution >= 0.6 is 0 Å². The molecule has 3 heteroatoms. The van der Waals surface area contributed by atoms with Crippen LogP contribution in [0, 0.1) is 6.92 Å². The fourth-order valence-corrected chi connectivity index (χ4v) is 2.67. The third-order valence-corrected chi connectivity index (χ3v) is 3.92. The highest BCUT2D eigenvalue weighted by molar-refractivity contribution is 5.92. The molecule has 3 nitrogen and oxygen atoms in total. The fraction of sp³-hybridized carbons (Fsp3) is 0.368. The highest BCUT2D eigenvalue weighted by Gasteiger charge is 2.22. The van der Waals surface area contributed by atoms with Gasteiger partial charge in [0.2, 0.25) is 0 Å². The predicted molar refractivity (Wildman–Crippen MR) is 89.9 cm³/mol. The molecule has 1 atom stereocenters. The lowest BCUT2D eigenvalue weighted by molar-refractivity contribution is 0.0685. The Morgan fingerprint density at radius 3 is 2.55 bits per heavy atom. The molecule has 2 aromatic rings. The highest BCUT2D eigenvalue weighted by atomic mass is 16.2. The van der Waals surface area contributed by atoms with Crippen molar-refractivity contribution in [1.29, 1.82) is 0 Å². The average Bonchev–Trinajstić information content (AvgIpc) is 2.55. The van der Waals surface area contributed by atoms with Crippen LogP contribution in [0.1, 0.15) is 41.9 Å². The zero-order valence-corrected chi connectivity index (χ0v) is 13.6. The summed E-state index contributed by atoms with van der Waals surface area (Å²) in [7, 11) is 0. The molecule has 0 N–H and O–H groups in total. The minimum absolute atomic E-state index is 0.0172. The molecule has 2 rings (SSSR count). The standard InChI is InChI=1S/C19H24N2O/c1-4-13-21(19(22)18-11-7-8-12-20-18)16(3)14-17-10-6-5-9-15(17)2/h5-12,16H,4,13-14H2,1-3H3. The molecule has 1 unspecified atom stereocenters.